The molecule has 0 saturated carbocycles. The molecule has 1 unspecified atom stereocenters. The Morgan fingerprint density at radius 2 is 2.33 bits per heavy atom. The van der Waals surface area contributed by atoms with E-state index in [1.54, 1.807) is 6.20 Å². The minimum absolute atomic E-state index is 0.321. The number of carboxylic acid groups (broad SMARTS) is 1. The molecule has 0 aliphatic heterocycles. The van der Waals surface area contributed by atoms with Gasteiger partial charge in [0.05, 0.1) is 0 Å². The van der Waals surface area contributed by atoms with Crippen molar-refractivity contribution in [1.29, 1.82) is 0 Å². The van der Waals surface area contributed by atoms with E-state index in [1.165, 1.54) is 0 Å². The van der Waals surface area contributed by atoms with Crippen molar-refractivity contribution in [3.63, 3.8) is 0 Å². The molecule has 0 saturated heterocycles. The molecule has 5 heteroatoms. The number of aliphatic carboxylic acids is 1. The lowest BCUT2D eigenvalue weighted by Gasteiger charge is -2.11. The number of rotatable bonds is 5. The van der Waals surface area contributed by atoms with Crippen LogP contribution >= 0.6 is 0 Å². The van der Waals surface area contributed by atoms with Crippen LogP contribution in [-0.2, 0) is 17.8 Å². The second kappa shape index (κ2) is 4.93. The van der Waals surface area contributed by atoms with Crippen molar-refractivity contribution >= 4 is 5.97 Å². The number of nitrogens with zero attached hydrogens (tertiary/aromatic N) is 2. The third-order valence-corrected chi connectivity index (χ3v) is 2.09. The molecule has 15 heavy (non-hydrogen) atoms. The molecule has 1 aromatic heterocycles. The van der Waals surface area contributed by atoms with Crippen molar-refractivity contribution in [1.82, 2.24) is 9.78 Å². The third kappa shape index (κ3) is 3.36. The summed E-state index contributed by atoms with van der Waals surface area (Å²) in [5.41, 5.74) is 6.34. The highest BCUT2D eigenvalue weighted by molar-refractivity contribution is 5.73. The Morgan fingerprint density at radius 1 is 1.67 bits per heavy atom. The second-order valence-corrected chi connectivity index (χ2v) is 4.05. The molecule has 0 fully saturated rings. The van der Waals surface area contributed by atoms with Crippen LogP contribution in [0.5, 0.6) is 0 Å². The van der Waals surface area contributed by atoms with Crippen molar-refractivity contribution in [2.75, 3.05) is 0 Å². The lowest BCUT2D eigenvalue weighted by Crippen LogP contribution is -2.33. The van der Waals surface area contributed by atoms with Crippen molar-refractivity contribution in [3.05, 3.63) is 18.0 Å². The van der Waals surface area contributed by atoms with Crippen molar-refractivity contribution < 1.29 is 9.90 Å². The van der Waals surface area contributed by atoms with E-state index in [9.17, 15) is 4.79 Å². The summed E-state index contributed by atoms with van der Waals surface area (Å²) in [6.07, 6.45) is 1.99. The molecule has 5 nitrogen and oxygen atoms in total. The highest BCUT2D eigenvalue weighted by Crippen LogP contribution is 2.06. The van der Waals surface area contributed by atoms with Crippen LogP contribution in [0.15, 0.2) is 12.3 Å². The Bertz CT molecular complexity index is 333. The van der Waals surface area contributed by atoms with Gasteiger partial charge in [-0.2, -0.15) is 5.10 Å². The minimum Gasteiger partial charge on any atom is -0.480 e. The van der Waals surface area contributed by atoms with E-state index in [1.807, 2.05) is 10.7 Å². The van der Waals surface area contributed by atoms with Gasteiger partial charge in [-0.1, -0.05) is 13.8 Å². The van der Waals surface area contributed by atoms with E-state index in [2.05, 4.69) is 18.9 Å². The molecule has 84 valence electrons. The SMILES string of the molecule is CC(C)Cn1nccc1CC(N)C(=O)O. The Kier molecular flexibility index (Phi) is 3.85. The summed E-state index contributed by atoms with van der Waals surface area (Å²) in [5, 5.41) is 12.8. The number of hydrogen-bond donors (Lipinski definition) is 2. The largest absolute Gasteiger partial charge is 0.480 e. The third-order valence-electron chi connectivity index (χ3n) is 2.09. The van der Waals surface area contributed by atoms with Crippen LogP contribution in [0.4, 0.5) is 0 Å². The predicted molar refractivity (Wildman–Crippen MR) is 56.4 cm³/mol. The van der Waals surface area contributed by atoms with Crippen LogP contribution < -0.4 is 5.73 Å². The zero-order chi connectivity index (χ0) is 11.4. The van der Waals surface area contributed by atoms with E-state index in [0.717, 1.165) is 12.2 Å². The average Bonchev–Trinajstić information content (AvgIpc) is 2.51. The zero-order valence-electron chi connectivity index (χ0n) is 9.05. The molecule has 1 rings (SSSR count). The Hall–Kier alpha value is -1.36. The van der Waals surface area contributed by atoms with Crippen molar-refractivity contribution in [2.24, 2.45) is 11.7 Å². The van der Waals surface area contributed by atoms with Crippen LogP contribution in [0.2, 0.25) is 0 Å². The van der Waals surface area contributed by atoms with Crippen molar-refractivity contribution in [2.45, 2.75) is 32.9 Å². The van der Waals surface area contributed by atoms with Gasteiger partial charge in [0.2, 0.25) is 0 Å². The summed E-state index contributed by atoms with van der Waals surface area (Å²) in [5.74, 6) is -0.503. The standard InChI is InChI=1S/C10H17N3O2/c1-7(2)6-13-8(3-4-12-13)5-9(11)10(14)15/h3-4,7,9H,5-6,11H2,1-2H3,(H,14,15). The summed E-state index contributed by atoms with van der Waals surface area (Å²) >= 11 is 0. The minimum atomic E-state index is -0.979. The van der Waals surface area contributed by atoms with Crippen LogP contribution in [-0.4, -0.2) is 26.9 Å². The molecular formula is C10H17N3O2. The van der Waals surface area contributed by atoms with Gasteiger partial charge in [-0.25, -0.2) is 0 Å². The maximum Gasteiger partial charge on any atom is 0.320 e. The molecule has 1 atom stereocenters. The monoisotopic (exact) mass is 211 g/mol. The van der Waals surface area contributed by atoms with Gasteiger partial charge in [-0.3, -0.25) is 9.48 Å². The van der Waals surface area contributed by atoms with Crippen LogP contribution in [0.3, 0.4) is 0 Å². The van der Waals surface area contributed by atoms with Gasteiger partial charge < -0.3 is 10.8 Å². The molecule has 1 heterocycles. The molecule has 1 aromatic rings. The van der Waals surface area contributed by atoms with E-state index in [4.69, 9.17) is 10.8 Å². The number of aromatic nitrogens is 2. The fourth-order valence-electron chi connectivity index (χ4n) is 1.36. The normalized spacial score (nSPS) is 13.1. The summed E-state index contributed by atoms with van der Waals surface area (Å²) in [7, 11) is 0. The topological polar surface area (TPSA) is 81.1 Å². The summed E-state index contributed by atoms with van der Waals surface area (Å²) in [6.45, 7) is 4.96. The lowest BCUT2D eigenvalue weighted by molar-refractivity contribution is -0.138. The highest BCUT2D eigenvalue weighted by atomic mass is 16.4. The molecule has 3 N–H and O–H groups in total. The first-order valence-electron chi connectivity index (χ1n) is 4.99. The molecule has 0 amide bonds. The Morgan fingerprint density at radius 3 is 2.87 bits per heavy atom. The molecule has 0 bridgehead atoms. The first-order chi connectivity index (χ1) is 7.00. The molecule has 0 radical (unpaired) electrons. The van der Waals surface area contributed by atoms with Gasteiger partial charge in [-0.05, 0) is 12.0 Å². The first kappa shape index (κ1) is 11.7. The van der Waals surface area contributed by atoms with E-state index in [0.29, 0.717) is 12.3 Å². The molecule has 0 aliphatic rings. The van der Waals surface area contributed by atoms with Crippen LogP contribution in [0.1, 0.15) is 19.5 Å². The van der Waals surface area contributed by atoms with Gasteiger partial charge in [0.15, 0.2) is 0 Å². The quantitative estimate of drug-likeness (QED) is 0.742. The Balaban J connectivity index is 2.68. The lowest BCUT2D eigenvalue weighted by atomic mass is 10.1. The summed E-state index contributed by atoms with van der Waals surface area (Å²) in [4.78, 5) is 10.6. The Labute approximate surface area is 88.9 Å². The zero-order valence-corrected chi connectivity index (χ0v) is 9.05. The first-order valence-corrected chi connectivity index (χ1v) is 4.99. The van der Waals surface area contributed by atoms with Crippen LogP contribution in [0.25, 0.3) is 0 Å². The van der Waals surface area contributed by atoms with E-state index in [-0.39, 0.29) is 0 Å². The fourth-order valence-corrected chi connectivity index (χ4v) is 1.36. The number of hydrogen-bond acceptors (Lipinski definition) is 3. The predicted octanol–water partition coefficient (Wildman–Crippen LogP) is 0.494. The smallest absolute Gasteiger partial charge is 0.320 e. The molecule has 0 aromatic carbocycles. The fraction of sp³-hybridized carbons (Fsp3) is 0.600. The number of carboxylic acids is 1. The van der Waals surface area contributed by atoms with E-state index < -0.39 is 12.0 Å². The molecule has 0 aliphatic carbocycles. The average molecular weight is 211 g/mol. The number of nitrogens with two attached hydrogens (primary N) is 1. The van der Waals surface area contributed by atoms with Gasteiger partial charge in [0.25, 0.3) is 0 Å². The summed E-state index contributed by atoms with van der Waals surface area (Å²) in [6, 6.07) is 0.957. The highest BCUT2D eigenvalue weighted by Gasteiger charge is 2.15. The summed E-state index contributed by atoms with van der Waals surface area (Å²) < 4.78 is 1.81. The maximum atomic E-state index is 10.6. The van der Waals surface area contributed by atoms with E-state index >= 15 is 0 Å². The molecular weight excluding hydrogens is 194 g/mol. The van der Waals surface area contributed by atoms with Gasteiger partial charge >= 0.3 is 5.97 Å². The second-order valence-electron chi connectivity index (χ2n) is 4.05. The van der Waals surface area contributed by atoms with Crippen LogP contribution in [0, 0.1) is 5.92 Å². The van der Waals surface area contributed by atoms with Gasteiger partial charge in [-0.15, -0.1) is 0 Å². The maximum absolute atomic E-state index is 10.6. The molecule has 0 spiro atoms. The van der Waals surface area contributed by atoms with Gasteiger partial charge in [0, 0.05) is 24.9 Å². The van der Waals surface area contributed by atoms with Crippen molar-refractivity contribution in [3.8, 4) is 0 Å². The number of carbonyl (C=O) groups is 1. The van der Waals surface area contributed by atoms with Gasteiger partial charge in [0.1, 0.15) is 6.04 Å².